The molecule has 0 fully saturated rings. The van der Waals surface area contributed by atoms with E-state index in [9.17, 15) is 8.42 Å². The Balaban J connectivity index is 2.30. The average Bonchev–Trinajstić information content (AvgIpc) is 2.58. The summed E-state index contributed by atoms with van der Waals surface area (Å²) in [5.41, 5.74) is 2.47. The zero-order chi connectivity index (χ0) is 18.6. The van der Waals surface area contributed by atoms with Crippen LogP contribution in [0.4, 0.5) is 11.4 Å². The van der Waals surface area contributed by atoms with E-state index in [0.717, 1.165) is 24.3 Å². The lowest BCUT2D eigenvalue weighted by Gasteiger charge is -2.22. The number of hydrogen-bond donors (Lipinski definition) is 1. The standard InChI is InChI=1S/C18H23ClN2O3S/c1-5-21(6-2)14-7-9-17(13(3)11-14)20-25(22,23)15-8-10-18(24-4)16(19)12-15/h7-12,20H,5-6H2,1-4H3. The van der Waals surface area contributed by atoms with E-state index in [1.807, 2.05) is 19.1 Å². The molecular formula is C18H23ClN2O3S. The molecule has 0 amide bonds. The van der Waals surface area contributed by atoms with Crippen LogP contribution >= 0.6 is 11.6 Å². The van der Waals surface area contributed by atoms with Gasteiger partial charge in [-0.3, -0.25) is 4.72 Å². The fraction of sp³-hybridized carbons (Fsp3) is 0.333. The predicted molar refractivity (Wildman–Crippen MR) is 104 cm³/mol. The van der Waals surface area contributed by atoms with Crippen LogP contribution in [0.15, 0.2) is 41.3 Å². The van der Waals surface area contributed by atoms with E-state index in [1.54, 1.807) is 6.07 Å². The van der Waals surface area contributed by atoms with Crippen LogP contribution in [0.1, 0.15) is 19.4 Å². The van der Waals surface area contributed by atoms with Crippen molar-refractivity contribution >= 4 is 33.0 Å². The van der Waals surface area contributed by atoms with Crippen molar-refractivity contribution in [3.8, 4) is 5.75 Å². The van der Waals surface area contributed by atoms with Gasteiger partial charge in [-0.2, -0.15) is 0 Å². The average molecular weight is 383 g/mol. The summed E-state index contributed by atoms with van der Waals surface area (Å²) in [6, 6.07) is 10.1. The van der Waals surface area contributed by atoms with Crippen molar-refractivity contribution in [1.29, 1.82) is 0 Å². The second-order valence-electron chi connectivity index (χ2n) is 5.57. The third kappa shape index (κ3) is 4.38. The molecule has 2 aromatic carbocycles. The van der Waals surface area contributed by atoms with Gasteiger partial charge in [0.2, 0.25) is 0 Å². The molecule has 0 bridgehead atoms. The number of ether oxygens (including phenoxy) is 1. The molecule has 2 aromatic rings. The minimum Gasteiger partial charge on any atom is -0.495 e. The van der Waals surface area contributed by atoms with Gasteiger partial charge < -0.3 is 9.64 Å². The van der Waals surface area contributed by atoms with Crippen LogP contribution in [0, 0.1) is 6.92 Å². The van der Waals surface area contributed by atoms with E-state index >= 15 is 0 Å². The summed E-state index contributed by atoms with van der Waals surface area (Å²) in [6.07, 6.45) is 0. The van der Waals surface area contributed by atoms with Crippen molar-refractivity contribution in [2.45, 2.75) is 25.7 Å². The monoisotopic (exact) mass is 382 g/mol. The van der Waals surface area contributed by atoms with Crippen LogP contribution in [0.3, 0.4) is 0 Å². The maximum Gasteiger partial charge on any atom is 0.261 e. The van der Waals surface area contributed by atoms with E-state index in [4.69, 9.17) is 16.3 Å². The first kappa shape index (κ1) is 19.4. The molecule has 0 aliphatic heterocycles. The third-order valence-corrected chi connectivity index (χ3v) is 5.68. The van der Waals surface area contributed by atoms with E-state index in [1.165, 1.54) is 25.3 Å². The predicted octanol–water partition coefficient (Wildman–Crippen LogP) is 4.30. The number of anilines is 2. The molecule has 0 aromatic heterocycles. The summed E-state index contributed by atoms with van der Waals surface area (Å²) in [5, 5.41) is 0.249. The molecule has 0 saturated carbocycles. The van der Waals surface area contributed by atoms with E-state index in [0.29, 0.717) is 11.4 Å². The van der Waals surface area contributed by atoms with Crippen molar-refractivity contribution in [3.05, 3.63) is 47.0 Å². The molecule has 0 aliphatic carbocycles. The van der Waals surface area contributed by atoms with Gasteiger partial charge in [0.05, 0.1) is 22.7 Å². The van der Waals surface area contributed by atoms with E-state index < -0.39 is 10.0 Å². The highest BCUT2D eigenvalue weighted by atomic mass is 35.5. The van der Waals surface area contributed by atoms with Crippen molar-refractivity contribution in [2.24, 2.45) is 0 Å². The van der Waals surface area contributed by atoms with Crippen LogP contribution in [-0.4, -0.2) is 28.6 Å². The van der Waals surface area contributed by atoms with Crippen molar-refractivity contribution < 1.29 is 13.2 Å². The van der Waals surface area contributed by atoms with Crippen LogP contribution in [0.2, 0.25) is 5.02 Å². The number of rotatable bonds is 7. The van der Waals surface area contributed by atoms with Gasteiger partial charge in [-0.1, -0.05) is 11.6 Å². The highest BCUT2D eigenvalue weighted by Crippen LogP contribution is 2.29. The lowest BCUT2D eigenvalue weighted by atomic mass is 10.1. The number of aryl methyl sites for hydroxylation is 1. The normalized spacial score (nSPS) is 11.2. The molecule has 0 aliphatic rings. The van der Waals surface area contributed by atoms with Gasteiger partial charge in [-0.25, -0.2) is 8.42 Å². The first-order valence-corrected chi connectivity index (χ1v) is 9.90. The van der Waals surface area contributed by atoms with Crippen molar-refractivity contribution in [1.82, 2.24) is 0 Å². The summed E-state index contributed by atoms with van der Waals surface area (Å²) in [7, 11) is -2.25. The summed E-state index contributed by atoms with van der Waals surface area (Å²) in [6.45, 7) is 7.84. The molecule has 5 nitrogen and oxygen atoms in total. The zero-order valence-corrected chi connectivity index (χ0v) is 16.4. The maximum atomic E-state index is 12.6. The summed E-state index contributed by atoms with van der Waals surface area (Å²) >= 11 is 6.03. The van der Waals surface area contributed by atoms with Crippen molar-refractivity contribution in [2.75, 3.05) is 29.8 Å². The SMILES string of the molecule is CCN(CC)c1ccc(NS(=O)(=O)c2ccc(OC)c(Cl)c2)c(C)c1. The molecule has 0 spiro atoms. The number of sulfonamides is 1. The quantitative estimate of drug-likeness (QED) is 0.775. The van der Waals surface area contributed by atoms with Crippen LogP contribution in [0.25, 0.3) is 0 Å². The van der Waals surface area contributed by atoms with Gasteiger partial charge in [0, 0.05) is 18.8 Å². The van der Waals surface area contributed by atoms with Gasteiger partial charge in [0.1, 0.15) is 5.75 Å². The van der Waals surface area contributed by atoms with E-state index in [-0.39, 0.29) is 9.92 Å². The number of methoxy groups -OCH3 is 1. The summed E-state index contributed by atoms with van der Waals surface area (Å²) in [4.78, 5) is 2.29. The van der Waals surface area contributed by atoms with E-state index in [2.05, 4.69) is 23.5 Å². The maximum absolute atomic E-state index is 12.6. The Bertz CT molecular complexity index is 849. The largest absolute Gasteiger partial charge is 0.495 e. The lowest BCUT2D eigenvalue weighted by Crippen LogP contribution is -2.22. The molecule has 0 unspecified atom stereocenters. The molecule has 0 radical (unpaired) electrons. The van der Waals surface area contributed by atoms with Crippen LogP contribution in [-0.2, 0) is 10.0 Å². The Hall–Kier alpha value is -1.92. The van der Waals surface area contributed by atoms with Gasteiger partial charge in [-0.05, 0) is 62.7 Å². The molecule has 7 heteroatoms. The molecule has 136 valence electrons. The Morgan fingerprint density at radius 3 is 2.32 bits per heavy atom. The van der Waals surface area contributed by atoms with Crippen molar-refractivity contribution in [3.63, 3.8) is 0 Å². The zero-order valence-electron chi connectivity index (χ0n) is 14.8. The van der Waals surface area contributed by atoms with Gasteiger partial charge in [-0.15, -0.1) is 0 Å². The van der Waals surface area contributed by atoms with Gasteiger partial charge in [0.25, 0.3) is 10.0 Å². The van der Waals surface area contributed by atoms with Gasteiger partial charge >= 0.3 is 0 Å². The highest BCUT2D eigenvalue weighted by Gasteiger charge is 2.17. The van der Waals surface area contributed by atoms with Gasteiger partial charge in [0.15, 0.2) is 0 Å². The molecule has 1 N–H and O–H groups in total. The lowest BCUT2D eigenvalue weighted by molar-refractivity contribution is 0.414. The summed E-state index contributed by atoms with van der Waals surface area (Å²) in [5.74, 6) is 0.431. The highest BCUT2D eigenvalue weighted by molar-refractivity contribution is 7.92. The fourth-order valence-corrected chi connectivity index (χ4v) is 4.04. The Morgan fingerprint density at radius 1 is 1.12 bits per heavy atom. The third-order valence-electron chi connectivity index (χ3n) is 4.02. The number of nitrogens with zero attached hydrogens (tertiary/aromatic N) is 1. The Kier molecular flexibility index (Phi) is 6.19. The van der Waals surface area contributed by atoms with Crippen LogP contribution < -0.4 is 14.4 Å². The number of halogens is 1. The number of hydrogen-bond acceptors (Lipinski definition) is 4. The first-order chi connectivity index (χ1) is 11.8. The molecule has 2 rings (SSSR count). The number of benzene rings is 2. The molecule has 0 heterocycles. The summed E-state index contributed by atoms with van der Waals surface area (Å²) < 4.78 is 32.9. The Morgan fingerprint density at radius 2 is 1.80 bits per heavy atom. The topological polar surface area (TPSA) is 58.6 Å². The molecule has 0 saturated heterocycles. The minimum absolute atomic E-state index is 0.0884. The minimum atomic E-state index is -3.73. The number of nitrogens with one attached hydrogen (secondary N) is 1. The first-order valence-electron chi connectivity index (χ1n) is 8.04. The second-order valence-corrected chi connectivity index (χ2v) is 7.66. The molecular weight excluding hydrogens is 360 g/mol. The second kappa shape index (κ2) is 7.97. The smallest absolute Gasteiger partial charge is 0.261 e. The molecule has 25 heavy (non-hydrogen) atoms. The molecule has 0 atom stereocenters. The van der Waals surface area contributed by atoms with Crippen LogP contribution in [0.5, 0.6) is 5.75 Å². The fourth-order valence-electron chi connectivity index (χ4n) is 2.57. The Labute approximate surface area is 154 Å².